The summed E-state index contributed by atoms with van der Waals surface area (Å²) in [4.78, 5) is 9.05. The second-order valence-corrected chi connectivity index (χ2v) is 5.54. The second kappa shape index (κ2) is 8.68. The Hall–Kier alpha value is -3.08. The highest BCUT2D eigenvalue weighted by Crippen LogP contribution is 2.18. The van der Waals surface area contributed by atoms with Crippen molar-refractivity contribution in [3.8, 4) is 11.3 Å². The zero-order chi connectivity index (χ0) is 17.3. The molecule has 128 valence electrons. The molecule has 2 heterocycles. The molecule has 2 aromatic heterocycles. The zero-order valence-corrected chi connectivity index (χ0v) is 14.3. The minimum atomic E-state index is 0.591. The van der Waals surface area contributed by atoms with Crippen LogP contribution in [-0.4, -0.2) is 17.5 Å². The lowest BCUT2D eigenvalue weighted by Gasteiger charge is -2.10. The molecule has 0 aliphatic rings. The van der Waals surface area contributed by atoms with Crippen molar-refractivity contribution in [1.29, 1.82) is 0 Å². The summed E-state index contributed by atoms with van der Waals surface area (Å²) in [5.41, 5.74) is 3.20. The molecule has 3 aromatic rings. The molecule has 0 spiro atoms. The highest BCUT2D eigenvalue weighted by molar-refractivity contribution is 5.79. The predicted molar refractivity (Wildman–Crippen MR) is 100 cm³/mol. The van der Waals surface area contributed by atoms with E-state index in [0.29, 0.717) is 13.1 Å². The first-order chi connectivity index (χ1) is 12.3. The summed E-state index contributed by atoms with van der Waals surface area (Å²) in [5, 5.41) is 6.52. The van der Waals surface area contributed by atoms with Crippen molar-refractivity contribution < 1.29 is 4.42 Å². The van der Waals surface area contributed by atoms with Gasteiger partial charge >= 0.3 is 0 Å². The van der Waals surface area contributed by atoms with Gasteiger partial charge in [0.05, 0.1) is 25.0 Å². The number of pyridine rings is 1. The van der Waals surface area contributed by atoms with E-state index in [1.54, 1.807) is 6.26 Å². The van der Waals surface area contributed by atoms with Gasteiger partial charge in [0.25, 0.3) is 0 Å². The average molecular weight is 334 g/mol. The Kier molecular flexibility index (Phi) is 5.82. The van der Waals surface area contributed by atoms with Gasteiger partial charge in [-0.2, -0.15) is 0 Å². The van der Waals surface area contributed by atoms with E-state index in [0.717, 1.165) is 35.1 Å². The van der Waals surface area contributed by atoms with Gasteiger partial charge in [0, 0.05) is 18.3 Å². The summed E-state index contributed by atoms with van der Waals surface area (Å²) in [6.07, 6.45) is 3.48. The fourth-order valence-corrected chi connectivity index (χ4v) is 2.46. The second-order valence-electron chi connectivity index (χ2n) is 5.54. The van der Waals surface area contributed by atoms with Gasteiger partial charge in [0.15, 0.2) is 5.96 Å². The van der Waals surface area contributed by atoms with Gasteiger partial charge in [0.2, 0.25) is 0 Å². The Morgan fingerprint density at radius 3 is 2.80 bits per heavy atom. The predicted octanol–water partition coefficient (Wildman–Crippen LogP) is 3.60. The van der Waals surface area contributed by atoms with E-state index in [9.17, 15) is 0 Å². The first-order valence-electron chi connectivity index (χ1n) is 8.40. The monoisotopic (exact) mass is 334 g/mol. The lowest BCUT2D eigenvalue weighted by molar-refractivity contribution is 0.501. The van der Waals surface area contributed by atoms with Crippen LogP contribution in [0.2, 0.25) is 0 Å². The molecule has 0 aliphatic heterocycles. The van der Waals surface area contributed by atoms with Crippen molar-refractivity contribution in [2.45, 2.75) is 20.0 Å². The number of rotatable bonds is 6. The van der Waals surface area contributed by atoms with Crippen LogP contribution in [-0.2, 0) is 13.1 Å². The maximum atomic E-state index is 5.34. The molecule has 0 amide bonds. The molecule has 0 unspecified atom stereocenters. The van der Waals surface area contributed by atoms with Gasteiger partial charge < -0.3 is 15.1 Å². The zero-order valence-electron chi connectivity index (χ0n) is 14.3. The van der Waals surface area contributed by atoms with E-state index in [2.05, 4.69) is 38.8 Å². The van der Waals surface area contributed by atoms with Crippen molar-refractivity contribution in [1.82, 2.24) is 15.6 Å². The van der Waals surface area contributed by atoms with Crippen LogP contribution in [0.1, 0.15) is 18.2 Å². The van der Waals surface area contributed by atoms with Crippen molar-refractivity contribution in [3.63, 3.8) is 0 Å². The maximum absolute atomic E-state index is 5.34. The van der Waals surface area contributed by atoms with Gasteiger partial charge in [-0.25, -0.2) is 4.99 Å². The van der Waals surface area contributed by atoms with E-state index >= 15 is 0 Å². The van der Waals surface area contributed by atoms with Crippen LogP contribution in [0.4, 0.5) is 0 Å². The summed E-state index contributed by atoms with van der Waals surface area (Å²) in [6, 6.07) is 18.1. The van der Waals surface area contributed by atoms with Crippen LogP contribution in [0, 0.1) is 0 Å². The van der Waals surface area contributed by atoms with Crippen molar-refractivity contribution in [2.24, 2.45) is 4.99 Å². The van der Waals surface area contributed by atoms with Crippen molar-refractivity contribution >= 4 is 5.96 Å². The van der Waals surface area contributed by atoms with Crippen molar-refractivity contribution in [3.05, 3.63) is 78.4 Å². The minimum absolute atomic E-state index is 0.591. The van der Waals surface area contributed by atoms with Crippen LogP contribution < -0.4 is 10.6 Å². The van der Waals surface area contributed by atoms with Crippen LogP contribution in [0.15, 0.2) is 76.5 Å². The molecule has 1 aromatic carbocycles. The summed E-state index contributed by atoms with van der Waals surface area (Å²) < 4.78 is 5.34. The molecule has 0 aliphatic carbocycles. The number of furan rings is 1. The van der Waals surface area contributed by atoms with Gasteiger partial charge in [-0.15, -0.1) is 0 Å². The molecule has 0 radical (unpaired) electrons. The fourth-order valence-electron chi connectivity index (χ4n) is 2.46. The third kappa shape index (κ3) is 4.94. The van der Waals surface area contributed by atoms with Gasteiger partial charge in [-0.1, -0.05) is 24.3 Å². The summed E-state index contributed by atoms with van der Waals surface area (Å²) in [6.45, 7) is 4.05. The Morgan fingerprint density at radius 1 is 1.08 bits per heavy atom. The molecule has 0 fully saturated rings. The number of hydrogen-bond acceptors (Lipinski definition) is 3. The molecule has 5 nitrogen and oxygen atoms in total. The Morgan fingerprint density at radius 2 is 2.04 bits per heavy atom. The number of benzene rings is 1. The van der Waals surface area contributed by atoms with Crippen LogP contribution in [0.3, 0.4) is 0 Å². The number of nitrogens with one attached hydrogen (secondary N) is 2. The Labute approximate surface area is 147 Å². The standard InChI is InChI=1S/C20H22N4O/c1-2-21-20(24-15-18-9-6-12-25-18)23-14-16-7-5-8-17(13-16)19-10-3-4-11-22-19/h3-13H,2,14-15H2,1H3,(H2,21,23,24). The van der Waals surface area contributed by atoms with Crippen molar-refractivity contribution in [2.75, 3.05) is 6.54 Å². The first kappa shape index (κ1) is 16.8. The van der Waals surface area contributed by atoms with Crippen LogP contribution in [0.5, 0.6) is 0 Å². The van der Waals surface area contributed by atoms with E-state index in [1.807, 2.05) is 49.5 Å². The molecule has 3 rings (SSSR count). The molecule has 0 atom stereocenters. The fraction of sp³-hybridized carbons (Fsp3) is 0.200. The number of aliphatic imine (C=N–C) groups is 1. The van der Waals surface area contributed by atoms with E-state index in [1.165, 1.54) is 0 Å². The Balaban J connectivity index is 1.67. The number of hydrogen-bond donors (Lipinski definition) is 2. The van der Waals surface area contributed by atoms with Gasteiger partial charge in [0.1, 0.15) is 5.76 Å². The average Bonchev–Trinajstić information content (AvgIpc) is 3.18. The minimum Gasteiger partial charge on any atom is -0.467 e. The SMILES string of the molecule is CCNC(=NCc1cccc(-c2ccccn2)c1)NCc1ccco1. The molecule has 0 saturated heterocycles. The quantitative estimate of drug-likeness (QED) is 0.534. The molecule has 0 bridgehead atoms. The molecule has 2 N–H and O–H groups in total. The van der Waals surface area contributed by atoms with E-state index in [-0.39, 0.29) is 0 Å². The topological polar surface area (TPSA) is 62.5 Å². The van der Waals surface area contributed by atoms with E-state index in [4.69, 9.17) is 4.42 Å². The highest BCUT2D eigenvalue weighted by atomic mass is 16.3. The highest BCUT2D eigenvalue weighted by Gasteiger charge is 2.02. The van der Waals surface area contributed by atoms with Crippen LogP contribution >= 0.6 is 0 Å². The summed E-state index contributed by atoms with van der Waals surface area (Å²) in [5.74, 6) is 1.64. The number of nitrogens with zero attached hydrogens (tertiary/aromatic N) is 2. The third-order valence-electron chi connectivity index (χ3n) is 3.66. The molecule has 5 heteroatoms. The first-order valence-corrected chi connectivity index (χ1v) is 8.40. The maximum Gasteiger partial charge on any atom is 0.191 e. The van der Waals surface area contributed by atoms with Gasteiger partial charge in [-0.3, -0.25) is 4.98 Å². The summed E-state index contributed by atoms with van der Waals surface area (Å²) in [7, 11) is 0. The Bertz CT molecular complexity index is 798. The normalized spacial score (nSPS) is 11.3. The largest absolute Gasteiger partial charge is 0.467 e. The third-order valence-corrected chi connectivity index (χ3v) is 3.66. The van der Waals surface area contributed by atoms with E-state index < -0.39 is 0 Å². The molecule has 0 saturated carbocycles. The molecule has 25 heavy (non-hydrogen) atoms. The smallest absolute Gasteiger partial charge is 0.191 e. The van der Waals surface area contributed by atoms with Gasteiger partial charge in [-0.05, 0) is 42.8 Å². The lowest BCUT2D eigenvalue weighted by atomic mass is 10.1. The lowest BCUT2D eigenvalue weighted by Crippen LogP contribution is -2.36. The van der Waals surface area contributed by atoms with Crippen LogP contribution in [0.25, 0.3) is 11.3 Å². The number of guanidine groups is 1. The number of aromatic nitrogens is 1. The molecular weight excluding hydrogens is 312 g/mol. The summed E-state index contributed by atoms with van der Waals surface area (Å²) >= 11 is 0. The molecular formula is C20H22N4O.